The molecule has 0 aromatic heterocycles. The minimum Gasteiger partial charge on any atom is -0.444 e. The van der Waals surface area contributed by atoms with Gasteiger partial charge in [-0.3, -0.25) is 4.79 Å². The molecule has 4 nitrogen and oxygen atoms in total. The highest BCUT2D eigenvalue weighted by molar-refractivity contribution is 14.1. The van der Waals surface area contributed by atoms with E-state index in [0.29, 0.717) is 29.7 Å². The Balaban J connectivity index is 2.20. The van der Waals surface area contributed by atoms with Crippen molar-refractivity contribution in [2.45, 2.75) is 25.2 Å². The number of hydrogen-bond acceptors (Lipinski definition) is 4. The van der Waals surface area contributed by atoms with Gasteiger partial charge in [-0.25, -0.2) is 0 Å². The van der Waals surface area contributed by atoms with E-state index in [-0.39, 0.29) is 11.7 Å². The van der Waals surface area contributed by atoms with E-state index in [0.717, 1.165) is 15.6 Å². The zero-order valence-electron chi connectivity index (χ0n) is 11.2. The smallest absolute Gasteiger partial charge is 0.205 e. The third kappa shape index (κ3) is 2.44. The van der Waals surface area contributed by atoms with Crippen molar-refractivity contribution >= 4 is 28.4 Å². The predicted molar refractivity (Wildman–Crippen MR) is 85.7 cm³/mol. The van der Waals surface area contributed by atoms with Crippen LogP contribution in [-0.2, 0) is 9.53 Å². The van der Waals surface area contributed by atoms with Gasteiger partial charge in [-0.1, -0.05) is 12.1 Å². The van der Waals surface area contributed by atoms with Crippen LogP contribution in [-0.4, -0.2) is 5.78 Å². The lowest BCUT2D eigenvalue weighted by molar-refractivity contribution is -0.116. The van der Waals surface area contributed by atoms with Crippen LogP contribution in [0.4, 0.5) is 0 Å². The number of nitrogens with two attached hydrogens (primary N) is 1. The predicted octanol–water partition coefficient (Wildman–Crippen LogP) is 3.11. The van der Waals surface area contributed by atoms with E-state index in [4.69, 9.17) is 10.5 Å². The fraction of sp³-hybridized carbons (Fsp3) is 0.250. The van der Waals surface area contributed by atoms with Crippen molar-refractivity contribution < 1.29 is 9.53 Å². The second kappa shape index (κ2) is 5.53. The molecule has 1 aliphatic heterocycles. The Hall–Kier alpha value is -1.81. The first-order valence-corrected chi connectivity index (χ1v) is 7.79. The SMILES string of the molecule is N#CC1=C(N)OC2=C(C(=O)CCC2)[C@@H]1c1cccc(I)c1. The van der Waals surface area contributed by atoms with Gasteiger partial charge < -0.3 is 10.5 Å². The number of ketones is 1. The maximum Gasteiger partial charge on any atom is 0.205 e. The summed E-state index contributed by atoms with van der Waals surface area (Å²) in [6.07, 6.45) is 1.97. The molecule has 21 heavy (non-hydrogen) atoms. The first-order chi connectivity index (χ1) is 10.1. The van der Waals surface area contributed by atoms with Crippen LogP contribution in [0.2, 0.25) is 0 Å². The van der Waals surface area contributed by atoms with Gasteiger partial charge in [-0.15, -0.1) is 0 Å². The molecule has 0 amide bonds. The Morgan fingerprint density at radius 2 is 2.19 bits per heavy atom. The number of hydrogen-bond donors (Lipinski definition) is 1. The van der Waals surface area contributed by atoms with Gasteiger partial charge in [0.25, 0.3) is 0 Å². The van der Waals surface area contributed by atoms with Crippen molar-refractivity contribution in [2.24, 2.45) is 5.73 Å². The number of rotatable bonds is 1. The fourth-order valence-corrected chi connectivity index (χ4v) is 3.44. The summed E-state index contributed by atoms with van der Waals surface area (Å²) in [6, 6.07) is 9.92. The second-order valence-corrected chi connectivity index (χ2v) is 6.34. The maximum absolute atomic E-state index is 12.4. The summed E-state index contributed by atoms with van der Waals surface area (Å²) in [7, 11) is 0. The van der Waals surface area contributed by atoms with E-state index in [2.05, 4.69) is 28.7 Å². The quantitative estimate of drug-likeness (QED) is 0.746. The van der Waals surface area contributed by atoms with E-state index in [1.165, 1.54) is 0 Å². The molecule has 0 spiro atoms. The van der Waals surface area contributed by atoms with Gasteiger partial charge in [-0.05, 0) is 46.7 Å². The Kier molecular flexibility index (Phi) is 3.72. The lowest BCUT2D eigenvalue weighted by atomic mass is 9.78. The minimum atomic E-state index is -0.402. The zero-order valence-corrected chi connectivity index (χ0v) is 13.4. The first kappa shape index (κ1) is 14.1. The molecule has 106 valence electrons. The number of nitriles is 1. The first-order valence-electron chi connectivity index (χ1n) is 6.71. The van der Waals surface area contributed by atoms with Gasteiger partial charge in [0, 0.05) is 22.0 Å². The number of carbonyl (C=O) groups excluding carboxylic acids is 1. The third-order valence-electron chi connectivity index (χ3n) is 3.79. The average Bonchev–Trinajstić information content (AvgIpc) is 2.46. The fourth-order valence-electron chi connectivity index (χ4n) is 2.88. The van der Waals surface area contributed by atoms with Crippen LogP contribution in [0.1, 0.15) is 30.7 Å². The monoisotopic (exact) mass is 392 g/mol. The van der Waals surface area contributed by atoms with Crippen molar-refractivity contribution in [1.29, 1.82) is 5.26 Å². The molecule has 0 saturated heterocycles. The van der Waals surface area contributed by atoms with E-state index >= 15 is 0 Å². The molecule has 0 fully saturated rings. The molecule has 1 aliphatic carbocycles. The summed E-state index contributed by atoms with van der Waals surface area (Å²) < 4.78 is 6.59. The van der Waals surface area contributed by atoms with Crippen LogP contribution in [0.5, 0.6) is 0 Å². The molecule has 0 bridgehead atoms. The lowest BCUT2D eigenvalue weighted by Crippen LogP contribution is -2.27. The summed E-state index contributed by atoms with van der Waals surface area (Å²) in [6.45, 7) is 0. The number of halogens is 1. The van der Waals surface area contributed by atoms with Crippen LogP contribution in [0.15, 0.2) is 47.1 Å². The Labute approximate surface area is 136 Å². The second-order valence-electron chi connectivity index (χ2n) is 5.09. The molecule has 0 saturated carbocycles. The number of ether oxygens (including phenoxy) is 1. The molecule has 1 atom stereocenters. The molecule has 1 heterocycles. The van der Waals surface area contributed by atoms with Crippen molar-refractivity contribution in [3.63, 3.8) is 0 Å². The van der Waals surface area contributed by atoms with Crippen LogP contribution >= 0.6 is 22.6 Å². The standard InChI is InChI=1S/C16H13IN2O2/c17-10-4-1-3-9(7-10)14-11(8-18)16(19)21-13-6-2-5-12(20)15(13)14/h1,3-4,7,14H,2,5-6,19H2/t14-/m1/s1. The highest BCUT2D eigenvalue weighted by atomic mass is 127. The number of allylic oxidation sites excluding steroid dienone is 3. The molecule has 3 rings (SSSR count). The van der Waals surface area contributed by atoms with Gasteiger partial charge in [0.2, 0.25) is 5.88 Å². The number of carbonyl (C=O) groups is 1. The summed E-state index contributed by atoms with van der Waals surface area (Å²) in [5.41, 5.74) is 7.74. The average molecular weight is 392 g/mol. The van der Waals surface area contributed by atoms with Gasteiger partial charge >= 0.3 is 0 Å². The van der Waals surface area contributed by atoms with E-state index < -0.39 is 5.92 Å². The molecule has 0 radical (unpaired) electrons. The third-order valence-corrected chi connectivity index (χ3v) is 4.46. The lowest BCUT2D eigenvalue weighted by Gasteiger charge is -2.31. The highest BCUT2D eigenvalue weighted by Gasteiger charge is 2.37. The number of benzene rings is 1. The molecule has 2 N–H and O–H groups in total. The Morgan fingerprint density at radius 1 is 1.38 bits per heavy atom. The van der Waals surface area contributed by atoms with E-state index in [1.54, 1.807) is 0 Å². The van der Waals surface area contributed by atoms with E-state index in [1.807, 2.05) is 24.3 Å². The molecule has 5 heteroatoms. The molecule has 1 aromatic rings. The Bertz CT molecular complexity index is 728. The molecular formula is C16H13IN2O2. The highest BCUT2D eigenvalue weighted by Crippen LogP contribution is 2.43. The van der Waals surface area contributed by atoms with Crippen LogP contribution in [0.25, 0.3) is 0 Å². The topological polar surface area (TPSA) is 76.1 Å². The van der Waals surface area contributed by atoms with Crippen LogP contribution in [0, 0.1) is 14.9 Å². The van der Waals surface area contributed by atoms with Crippen molar-refractivity contribution in [2.75, 3.05) is 0 Å². The molecule has 0 unspecified atom stereocenters. The maximum atomic E-state index is 12.4. The Morgan fingerprint density at radius 3 is 2.90 bits per heavy atom. The minimum absolute atomic E-state index is 0.0559. The summed E-state index contributed by atoms with van der Waals surface area (Å²) >= 11 is 2.22. The summed E-state index contributed by atoms with van der Waals surface area (Å²) in [5, 5.41) is 9.44. The largest absolute Gasteiger partial charge is 0.444 e. The van der Waals surface area contributed by atoms with Crippen LogP contribution in [0.3, 0.4) is 0 Å². The number of nitrogens with zero attached hydrogens (tertiary/aromatic N) is 1. The van der Waals surface area contributed by atoms with Crippen molar-refractivity contribution in [3.8, 4) is 6.07 Å². The molecular weight excluding hydrogens is 379 g/mol. The molecule has 1 aromatic carbocycles. The van der Waals surface area contributed by atoms with Gasteiger partial charge in [0.05, 0.1) is 5.92 Å². The van der Waals surface area contributed by atoms with Gasteiger partial charge in [0.15, 0.2) is 5.78 Å². The number of Topliss-reactive ketones (excluding diaryl/α,β-unsaturated/α-hetero) is 1. The van der Waals surface area contributed by atoms with Gasteiger partial charge in [-0.2, -0.15) is 5.26 Å². The van der Waals surface area contributed by atoms with E-state index in [9.17, 15) is 10.1 Å². The van der Waals surface area contributed by atoms with Crippen molar-refractivity contribution in [3.05, 3.63) is 56.2 Å². The summed E-state index contributed by atoms with van der Waals surface area (Å²) in [5.74, 6) is 0.406. The summed E-state index contributed by atoms with van der Waals surface area (Å²) in [4.78, 5) is 12.4. The van der Waals surface area contributed by atoms with Crippen molar-refractivity contribution in [1.82, 2.24) is 0 Å². The zero-order chi connectivity index (χ0) is 15.0. The molecule has 2 aliphatic rings. The van der Waals surface area contributed by atoms with Crippen LogP contribution < -0.4 is 5.73 Å². The normalized spacial score (nSPS) is 21.7. The van der Waals surface area contributed by atoms with Gasteiger partial charge in [0.1, 0.15) is 17.4 Å².